The number of nitrogens with one attached hydrogen (secondary N) is 2. The monoisotopic (exact) mass is 420 g/mol. The number of anilines is 2. The minimum absolute atomic E-state index is 0.133. The standard InChI is InChI=1S/C21H26FN3O3S/c1-4-28-21(27)19-14(2)15(3)29-20(19)23-18(26)13-24-9-11-25(12-10-24)17-8-6-5-7-16(17)22/h5-8H,4,9-13H2,1-3H3,(H,23,26)/p+1. The Morgan fingerprint density at radius 1 is 1.24 bits per heavy atom. The highest BCUT2D eigenvalue weighted by Crippen LogP contribution is 2.32. The van der Waals surface area contributed by atoms with Gasteiger partial charge < -0.3 is 19.9 Å². The number of carbonyl (C=O) groups excluding carboxylic acids is 2. The van der Waals surface area contributed by atoms with Gasteiger partial charge in [-0.1, -0.05) is 12.1 Å². The number of thiophene rings is 1. The third-order valence-corrected chi connectivity index (χ3v) is 6.31. The summed E-state index contributed by atoms with van der Waals surface area (Å²) in [5, 5.41) is 3.44. The zero-order valence-corrected chi connectivity index (χ0v) is 17.8. The summed E-state index contributed by atoms with van der Waals surface area (Å²) in [4.78, 5) is 29.0. The molecule has 0 aliphatic carbocycles. The molecule has 0 bridgehead atoms. The lowest BCUT2D eigenvalue weighted by Crippen LogP contribution is -3.15. The van der Waals surface area contributed by atoms with Crippen molar-refractivity contribution in [2.75, 3.05) is 49.5 Å². The fourth-order valence-electron chi connectivity index (χ4n) is 3.51. The van der Waals surface area contributed by atoms with Crippen LogP contribution in [-0.2, 0) is 9.53 Å². The summed E-state index contributed by atoms with van der Waals surface area (Å²) in [6.45, 7) is 9.01. The lowest BCUT2D eigenvalue weighted by Gasteiger charge is -2.33. The van der Waals surface area contributed by atoms with Crippen molar-refractivity contribution in [1.29, 1.82) is 0 Å². The van der Waals surface area contributed by atoms with Gasteiger partial charge in [-0.3, -0.25) is 4.79 Å². The van der Waals surface area contributed by atoms with Gasteiger partial charge in [0, 0.05) is 4.88 Å². The third kappa shape index (κ3) is 4.94. The number of ether oxygens (including phenoxy) is 1. The molecule has 0 unspecified atom stereocenters. The lowest BCUT2D eigenvalue weighted by atomic mass is 10.1. The second-order valence-corrected chi connectivity index (χ2v) is 8.35. The van der Waals surface area contributed by atoms with Crippen LogP contribution in [0.4, 0.5) is 15.1 Å². The first-order valence-electron chi connectivity index (χ1n) is 9.80. The highest BCUT2D eigenvalue weighted by Gasteiger charge is 2.26. The third-order valence-electron chi connectivity index (χ3n) is 5.19. The van der Waals surface area contributed by atoms with Crippen LogP contribution in [0.2, 0.25) is 0 Å². The van der Waals surface area contributed by atoms with E-state index >= 15 is 0 Å². The Bertz CT molecular complexity index is 891. The van der Waals surface area contributed by atoms with E-state index in [0.717, 1.165) is 28.4 Å². The van der Waals surface area contributed by atoms with Gasteiger partial charge in [0.1, 0.15) is 10.8 Å². The average molecular weight is 421 g/mol. The normalized spacial score (nSPS) is 14.7. The highest BCUT2D eigenvalue weighted by molar-refractivity contribution is 7.16. The first-order chi connectivity index (χ1) is 13.9. The molecule has 1 fully saturated rings. The van der Waals surface area contributed by atoms with Crippen LogP contribution in [0, 0.1) is 19.7 Å². The SMILES string of the molecule is CCOC(=O)c1c(NC(=O)C[NH+]2CCN(c3ccccc3F)CC2)sc(C)c1C. The van der Waals surface area contributed by atoms with E-state index in [1.807, 2.05) is 24.8 Å². The Hall–Kier alpha value is -2.45. The molecule has 0 radical (unpaired) electrons. The summed E-state index contributed by atoms with van der Waals surface area (Å²) in [6, 6.07) is 6.76. The first-order valence-corrected chi connectivity index (χ1v) is 10.6. The summed E-state index contributed by atoms with van der Waals surface area (Å²) < 4.78 is 19.1. The number of hydrogen-bond acceptors (Lipinski definition) is 5. The molecule has 0 saturated carbocycles. The molecule has 2 N–H and O–H groups in total. The second kappa shape index (κ2) is 9.37. The molecule has 0 atom stereocenters. The molecule has 2 aromatic rings. The molecule has 29 heavy (non-hydrogen) atoms. The molecule has 156 valence electrons. The number of amides is 1. The molecule has 1 aliphatic rings. The summed E-state index contributed by atoms with van der Waals surface area (Å²) >= 11 is 1.39. The zero-order valence-electron chi connectivity index (χ0n) is 17.0. The number of carbonyl (C=O) groups is 2. The molecule has 6 nitrogen and oxygen atoms in total. The molecular weight excluding hydrogens is 393 g/mol. The molecule has 3 rings (SSSR count). The van der Waals surface area contributed by atoms with Gasteiger partial charge in [-0.15, -0.1) is 11.3 Å². The summed E-state index contributed by atoms with van der Waals surface area (Å²) in [5.41, 5.74) is 1.90. The molecule has 0 spiro atoms. The second-order valence-electron chi connectivity index (χ2n) is 7.12. The van der Waals surface area contributed by atoms with E-state index in [4.69, 9.17) is 4.74 Å². The topological polar surface area (TPSA) is 63.1 Å². The molecule has 1 aromatic heterocycles. The Balaban J connectivity index is 1.58. The van der Waals surface area contributed by atoms with Gasteiger partial charge in [-0.2, -0.15) is 0 Å². The number of piperazine rings is 1. The molecule has 2 heterocycles. The van der Waals surface area contributed by atoms with E-state index in [9.17, 15) is 14.0 Å². The Labute approximate surface area is 174 Å². The average Bonchev–Trinajstić information content (AvgIpc) is 2.96. The molecule has 1 amide bonds. The quantitative estimate of drug-likeness (QED) is 0.702. The van der Waals surface area contributed by atoms with Crippen LogP contribution in [-0.4, -0.2) is 51.2 Å². The number of para-hydroxylation sites is 1. The minimum atomic E-state index is -0.407. The van der Waals surface area contributed by atoms with Crippen LogP contribution in [0.25, 0.3) is 0 Å². The van der Waals surface area contributed by atoms with Crippen LogP contribution in [0.15, 0.2) is 24.3 Å². The first kappa shape index (κ1) is 21.3. The van der Waals surface area contributed by atoms with Gasteiger partial charge in [-0.05, 0) is 38.5 Å². The van der Waals surface area contributed by atoms with Crippen LogP contribution in [0.5, 0.6) is 0 Å². The smallest absolute Gasteiger partial charge is 0.341 e. The van der Waals surface area contributed by atoms with Crippen molar-refractivity contribution in [3.63, 3.8) is 0 Å². The lowest BCUT2D eigenvalue weighted by molar-refractivity contribution is -0.892. The van der Waals surface area contributed by atoms with E-state index in [-0.39, 0.29) is 18.3 Å². The zero-order chi connectivity index (χ0) is 21.0. The number of rotatable bonds is 6. The Morgan fingerprint density at radius 3 is 2.59 bits per heavy atom. The fraction of sp³-hybridized carbons (Fsp3) is 0.429. The molecular formula is C21H27FN3O3S+. The fourth-order valence-corrected chi connectivity index (χ4v) is 4.58. The summed E-state index contributed by atoms with van der Waals surface area (Å²) in [5.74, 6) is -0.759. The van der Waals surface area contributed by atoms with Gasteiger partial charge in [0.05, 0.1) is 44.0 Å². The van der Waals surface area contributed by atoms with E-state index in [2.05, 4.69) is 5.32 Å². The molecule has 1 aliphatic heterocycles. The number of quaternary nitrogens is 1. The van der Waals surface area contributed by atoms with Gasteiger partial charge in [0.2, 0.25) is 0 Å². The van der Waals surface area contributed by atoms with Crippen molar-refractivity contribution in [2.45, 2.75) is 20.8 Å². The number of nitrogens with zero attached hydrogens (tertiary/aromatic N) is 1. The van der Waals surface area contributed by atoms with E-state index in [0.29, 0.717) is 35.9 Å². The van der Waals surface area contributed by atoms with Crippen molar-refractivity contribution in [1.82, 2.24) is 0 Å². The Morgan fingerprint density at radius 2 is 1.93 bits per heavy atom. The van der Waals surface area contributed by atoms with Crippen molar-refractivity contribution >= 4 is 33.9 Å². The number of benzene rings is 1. The van der Waals surface area contributed by atoms with Crippen molar-refractivity contribution < 1.29 is 23.6 Å². The van der Waals surface area contributed by atoms with Gasteiger partial charge in [0.25, 0.3) is 5.91 Å². The van der Waals surface area contributed by atoms with Crippen LogP contribution >= 0.6 is 11.3 Å². The van der Waals surface area contributed by atoms with Crippen LogP contribution in [0.3, 0.4) is 0 Å². The van der Waals surface area contributed by atoms with Crippen molar-refractivity contribution in [2.24, 2.45) is 0 Å². The summed E-state index contributed by atoms with van der Waals surface area (Å²) in [7, 11) is 0. The predicted molar refractivity (Wildman–Crippen MR) is 113 cm³/mol. The number of hydrogen-bond donors (Lipinski definition) is 2. The maximum Gasteiger partial charge on any atom is 0.341 e. The molecule has 8 heteroatoms. The molecule has 1 aromatic carbocycles. The molecule has 1 saturated heterocycles. The van der Waals surface area contributed by atoms with Crippen LogP contribution in [0.1, 0.15) is 27.7 Å². The maximum absolute atomic E-state index is 14.0. The van der Waals surface area contributed by atoms with E-state index < -0.39 is 5.97 Å². The number of halogens is 1. The van der Waals surface area contributed by atoms with E-state index in [1.165, 1.54) is 17.4 Å². The predicted octanol–water partition coefficient (Wildman–Crippen LogP) is 2.02. The van der Waals surface area contributed by atoms with Crippen molar-refractivity contribution in [3.8, 4) is 0 Å². The van der Waals surface area contributed by atoms with Crippen molar-refractivity contribution in [3.05, 3.63) is 46.1 Å². The van der Waals surface area contributed by atoms with E-state index in [1.54, 1.807) is 19.1 Å². The largest absolute Gasteiger partial charge is 0.462 e. The summed E-state index contributed by atoms with van der Waals surface area (Å²) in [6.07, 6.45) is 0. The van der Waals surface area contributed by atoms with Gasteiger partial charge in [-0.25, -0.2) is 9.18 Å². The Kier molecular flexibility index (Phi) is 6.87. The van der Waals surface area contributed by atoms with Gasteiger partial charge >= 0.3 is 5.97 Å². The minimum Gasteiger partial charge on any atom is -0.462 e. The van der Waals surface area contributed by atoms with Gasteiger partial charge in [0.15, 0.2) is 6.54 Å². The number of esters is 1. The highest BCUT2D eigenvalue weighted by atomic mass is 32.1. The number of aryl methyl sites for hydroxylation is 1. The maximum atomic E-state index is 14.0. The van der Waals surface area contributed by atoms with Crippen LogP contribution < -0.4 is 15.1 Å².